The third-order valence-electron chi connectivity index (χ3n) is 7.82. The van der Waals surface area contributed by atoms with E-state index in [-0.39, 0.29) is 22.5 Å². The summed E-state index contributed by atoms with van der Waals surface area (Å²) in [4.78, 5) is 65.5. The van der Waals surface area contributed by atoms with Gasteiger partial charge in [-0.05, 0) is 5.56 Å². The predicted octanol–water partition coefficient (Wildman–Crippen LogP) is -0.0329. The third-order valence-corrected chi connectivity index (χ3v) is 10.3. The number of halogens is 2. The fourth-order valence-electron chi connectivity index (χ4n) is 5.60. The molecule has 10 atom stereocenters. The number of nitrogens with two attached hydrogens (primary N) is 1. The number of aromatic nitrogens is 6. The van der Waals surface area contributed by atoms with Crippen molar-refractivity contribution >= 4 is 43.3 Å². The lowest BCUT2D eigenvalue weighted by Crippen LogP contribution is -2.40. The van der Waals surface area contributed by atoms with E-state index < -0.39 is 88.2 Å². The molecule has 4 unspecified atom stereocenters. The molecule has 48 heavy (non-hydrogen) atoms. The van der Waals surface area contributed by atoms with Crippen molar-refractivity contribution < 1.29 is 50.7 Å². The summed E-state index contributed by atoms with van der Waals surface area (Å²) >= 11 is 4.98. The van der Waals surface area contributed by atoms with Gasteiger partial charge in [-0.3, -0.25) is 23.5 Å². The number of aromatic amines is 1. The van der Waals surface area contributed by atoms with Gasteiger partial charge in [0.05, 0.1) is 25.1 Å². The molecule has 0 amide bonds. The molecule has 3 aromatic heterocycles. The smallest absolute Gasteiger partial charge is 0.330 e. The molecule has 23 heteroatoms. The highest BCUT2D eigenvalue weighted by molar-refractivity contribution is 8.06. The zero-order valence-electron chi connectivity index (χ0n) is 24.0. The Morgan fingerprint density at radius 2 is 1.58 bits per heavy atom. The van der Waals surface area contributed by atoms with E-state index in [0.717, 1.165) is 28.0 Å². The maximum atomic E-state index is 16.1. The largest absolute Gasteiger partial charge is 0.780 e. The van der Waals surface area contributed by atoms with Crippen molar-refractivity contribution in [3.63, 3.8) is 0 Å². The molecule has 3 aliphatic rings. The van der Waals surface area contributed by atoms with Gasteiger partial charge in [0.25, 0.3) is 13.4 Å². The van der Waals surface area contributed by atoms with E-state index >= 15 is 8.78 Å². The van der Waals surface area contributed by atoms with Crippen LogP contribution in [0.3, 0.4) is 0 Å². The van der Waals surface area contributed by atoms with Crippen LogP contribution in [-0.2, 0) is 43.9 Å². The lowest BCUT2D eigenvalue weighted by atomic mass is 10.1. The van der Waals surface area contributed by atoms with E-state index in [4.69, 9.17) is 45.1 Å². The van der Waals surface area contributed by atoms with Crippen LogP contribution < -0.4 is 26.8 Å². The van der Waals surface area contributed by atoms with Crippen LogP contribution in [-0.4, -0.2) is 79.0 Å². The fourth-order valence-corrected chi connectivity index (χ4v) is 7.96. The van der Waals surface area contributed by atoms with Gasteiger partial charge in [-0.1, -0.05) is 42.1 Å². The van der Waals surface area contributed by atoms with E-state index in [1.54, 1.807) is 30.3 Å². The predicted molar refractivity (Wildman–Crippen MR) is 158 cm³/mol. The molecule has 256 valence electrons. The lowest BCUT2D eigenvalue weighted by Gasteiger charge is -2.36. The zero-order chi connectivity index (χ0) is 34.0. The zero-order valence-corrected chi connectivity index (χ0v) is 26.6. The SMILES string of the molecule is Nc1ncnc2c1ncn2[C@@H]1O[C@@H]2COP([O-])(=S)O[C@H]3C(F)[C@H](n4cc(-c5ccccc5)c(=O)[nH]c4=O)O[C@@H]3COP(=O)([O-])O[C@H]2C1F. The first-order chi connectivity index (χ1) is 22.8. The Labute approximate surface area is 272 Å². The Morgan fingerprint density at radius 3 is 2.29 bits per heavy atom. The molecule has 7 rings (SSSR count). The highest BCUT2D eigenvalue weighted by Gasteiger charge is 2.52. The van der Waals surface area contributed by atoms with Gasteiger partial charge >= 0.3 is 5.69 Å². The van der Waals surface area contributed by atoms with E-state index in [9.17, 15) is 23.9 Å². The van der Waals surface area contributed by atoms with Gasteiger partial charge in [0.15, 0.2) is 36.3 Å². The number of nitrogens with one attached hydrogen (secondary N) is 1. The number of rotatable bonds is 3. The Morgan fingerprint density at radius 1 is 0.938 bits per heavy atom. The van der Waals surface area contributed by atoms with Crippen LogP contribution in [0.2, 0.25) is 0 Å². The van der Waals surface area contributed by atoms with Crippen LogP contribution in [0.1, 0.15) is 12.5 Å². The van der Waals surface area contributed by atoms with Crippen molar-refractivity contribution in [3.8, 4) is 11.1 Å². The molecule has 1 aromatic carbocycles. The number of alkyl halides is 2. The quantitative estimate of drug-likeness (QED) is 0.263. The van der Waals surface area contributed by atoms with E-state index in [1.165, 1.54) is 0 Å². The third kappa shape index (κ3) is 6.16. The van der Waals surface area contributed by atoms with Crippen LogP contribution in [0.15, 0.2) is 58.8 Å². The summed E-state index contributed by atoms with van der Waals surface area (Å²) in [5.74, 6) is -0.0110. The molecular weight excluding hydrogens is 706 g/mol. The number of hydrogen-bond donors (Lipinski definition) is 2. The molecule has 3 N–H and O–H groups in total. The molecule has 6 heterocycles. The van der Waals surface area contributed by atoms with Crippen molar-refractivity contribution in [1.82, 2.24) is 29.1 Å². The average molecular weight is 730 g/mol. The highest BCUT2D eigenvalue weighted by atomic mass is 32.5. The minimum atomic E-state index is -5.43. The van der Waals surface area contributed by atoms with Gasteiger partial charge in [-0.25, -0.2) is 28.5 Å². The highest BCUT2D eigenvalue weighted by Crippen LogP contribution is 2.51. The molecule has 3 saturated heterocycles. The standard InChI is InChI=1S/C25H25F2N7O11P2S/c26-15-18-14(43-24(15)34-10-31-17-20(28)29-9-30-21(17)34)8-41-47(39,48)45-19-13(7-40-46(37,38)44-18)42-23(16(19)27)33-6-12(22(35)32-25(33)36)11-4-2-1-3-5-11/h1-6,9-10,13-16,18-19,23-24H,7-8H2,(H,37,38)(H,39,48)(H2,28,29,30)(H,32,35,36)/p-2/t13-,14-,15?,16?,18-,19-,23-,24-,47?/m1/s1. The van der Waals surface area contributed by atoms with Gasteiger partial charge in [0.1, 0.15) is 43.0 Å². The Balaban J connectivity index is 1.17. The van der Waals surface area contributed by atoms with Crippen LogP contribution in [0.5, 0.6) is 0 Å². The molecule has 0 radical (unpaired) electrons. The summed E-state index contributed by atoms with van der Waals surface area (Å²) < 4.78 is 78.7. The second-order valence-electron chi connectivity index (χ2n) is 10.8. The van der Waals surface area contributed by atoms with Crippen molar-refractivity contribution in [2.45, 2.75) is 49.2 Å². The monoisotopic (exact) mass is 729 g/mol. The maximum absolute atomic E-state index is 16.1. The number of nitrogens with zero attached hydrogens (tertiary/aromatic N) is 5. The van der Waals surface area contributed by atoms with Crippen LogP contribution >= 0.6 is 14.5 Å². The number of phosphoric acid groups is 1. The van der Waals surface area contributed by atoms with Crippen molar-refractivity contribution in [3.05, 3.63) is 70.0 Å². The summed E-state index contributed by atoms with van der Waals surface area (Å²) in [7, 11) is -5.43. The summed E-state index contributed by atoms with van der Waals surface area (Å²) in [6, 6.07) is 8.12. The normalized spacial score (nSPS) is 35.8. The Hall–Kier alpha value is -3.33. The number of hydrogen-bond acceptors (Lipinski definition) is 16. The average Bonchev–Trinajstić information content (AvgIpc) is 3.69. The van der Waals surface area contributed by atoms with Crippen molar-refractivity contribution in [2.24, 2.45) is 0 Å². The number of benzene rings is 1. The Kier molecular flexibility index (Phi) is 8.66. The first-order valence-corrected chi connectivity index (χ1v) is 18.0. The molecular formula is C25H23F2N7O11P2S-2. The van der Waals surface area contributed by atoms with Crippen LogP contribution in [0.4, 0.5) is 14.6 Å². The first-order valence-electron chi connectivity index (χ1n) is 14.0. The number of ether oxygens (including phenoxy) is 2. The van der Waals surface area contributed by atoms with Crippen molar-refractivity contribution in [1.29, 1.82) is 0 Å². The van der Waals surface area contributed by atoms with Gasteiger partial charge in [-0.2, -0.15) is 0 Å². The van der Waals surface area contributed by atoms with Crippen LogP contribution in [0, 0.1) is 0 Å². The van der Waals surface area contributed by atoms with Crippen molar-refractivity contribution in [2.75, 3.05) is 18.9 Å². The van der Waals surface area contributed by atoms with Gasteiger partial charge in [-0.15, -0.1) is 0 Å². The molecule has 0 aliphatic carbocycles. The second-order valence-corrected chi connectivity index (χ2v) is 14.9. The van der Waals surface area contributed by atoms with E-state index in [0.29, 0.717) is 5.56 Å². The Bertz CT molecular complexity index is 2070. The summed E-state index contributed by atoms with van der Waals surface area (Å²) in [5, 5.41) is 0. The maximum Gasteiger partial charge on any atom is 0.330 e. The van der Waals surface area contributed by atoms with Gasteiger partial charge in [0.2, 0.25) is 0 Å². The second kappa shape index (κ2) is 12.5. The number of imidazole rings is 1. The summed E-state index contributed by atoms with van der Waals surface area (Å²) in [6.45, 7) is -6.52. The molecule has 18 nitrogen and oxygen atoms in total. The summed E-state index contributed by atoms with van der Waals surface area (Å²) in [5.41, 5.74) is 4.49. The topological polar surface area (TPSA) is 243 Å². The molecule has 3 fully saturated rings. The number of anilines is 1. The molecule has 3 aliphatic heterocycles. The van der Waals surface area contributed by atoms with E-state index in [1.807, 2.05) is 0 Å². The number of nitrogen functional groups attached to an aromatic ring is 1. The molecule has 0 saturated carbocycles. The summed E-state index contributed by atoms with van der Waals surface area (Å²) in [6.07, 6.45) is -11.8. The minimum Gasteiger partial charge on any atom is -0.780 e. The van der Waals surface area contributed by atoms with E-state index in [2.05, 4.69) is 19.9 Å². The van der Waals surface area contributed by atoms with Gasteiger partial charge < -0.3 is 43.1 Å². The van der Waals surface area contributed by atoms with Gasteiger partial charge in [0, 0.05) is 6.20 Å². The number of fused-ring (bicyclic) bond motifs is 3. The minimum absolute atomic E-state index is 0.0110. The molecule has 4 aromatic rings. The molecule has 0 spiro atoms. The first kappa shape index (κ1) is 33.2. The van der Waals surface area contributed by atoms with Crippen LogP contribution in [0.25, 0.3) is 22.3 Å². The number of phosphoric ester groups is 1. The fraction of sp³-hybridized carbons (Fsp3) is 0.400. The molecule has 0 bridgehead atoms. The lowest BCUT2D eigenvalue weighted by molar-refractivity contribution is -0.238. The number of H-pyrrole nitrogens is 1.